The third kappa shape index (κ3) is 7.21. The van der Waals surface area contributed by atoms with E-state index in [1.165, 1.54) is 42.4 Å². The Labute approximate surface area is 237 Å². The van der Waals surface area contributed by atoms with Crippen molar-refractivity contribution in [2.75, 3.05) is 32.6 Å². The number of fused-ring (bicyclic) bond motifs is 1. The molecule has 3 aromatic carbocycles. The maximum absolute atomic E-state index is 13.7. The number of anilines is 1. The first kappa shape index (κ1) is 29.1. The van der Waals surface area contributed by atoms with Crippen molar-refractivity contribution in [3.05, 3.63) is 100 Å². The van der Waals surface area contributed by atoms with Gasteiger partial charge in [-0.05, 0) is 48.4 Å². The van der Waals surface area contributed by atoms with E-state index < -0.39 is 17.8 Å². The number of methoxy groups -OCH3 is 2. The van der Waals surface area contributed by atoms with Crippen LogP contribution in [0, 0.1) is 5.82 Å². The van der Waals surface area contributed by atoms with E-state index >= 15 is 0 Å². The molecular formula is C31H32FN3O6. The standard InChI is InChI=1S/C31H32FN3O6/c1-4-15-34(31(38)33-26-14-13-24(39-2)16-28(26)40-3)19-29(36)35(17-21-9-11-23(32)12-10-21)18-22-20-41-27-8-6-5-7-25(27)30(22)37/h5-14,16,20H,4,15,17-19H2,1-3H3,(H,33,38). The fourth-order valence-corrected chi connectivity index (χ4v) is 4.36. The Hall–Kier alpha value is -4.86. The zero-order valence-corrected chi connectivity index (χ0v) is 23.2. The maximum atomic E-state index is 13.7. The Morgan fingerprint density at radius 2 is 1.71 bits per heavy atom. The molecule has 10 heteroatoms. The van der Waals surface area contributed by atoms with E-state index in [2.05, 4.69) is 5.32 Å². The molecule has 0 saturated carbocycles. The smallest absolute Gasteiger partial charge is 0.322 e. The third-order valence-corrected chi connectivity index (χ3v) is 6.51. The summed E-state index contributed by atoms with van der Waals surface area (Å²) in [6, 6.07) is 17.1. The van der Waals surface area contributed by atoms with Crippen molar-refractivity contribution in [3.63, 3.8) is 0 Å². The summed E-state index contributed by atoms with van der Waals surface area (Å²) in [7, 11) is 3.01. The fourth-order valence-electron chi connectivity index (χ4n) is 4.36. The summed E-state index contributed by atoms with van der Waals surface area (Å²) in [6.07, 6.45) is 1.95. The predicted molar refractivity (Wildman–Crippen MR) is 154 cm³/mol. The van der Waals surface area contributed by atoms with Crippen LogP contribution in [0.25, 0.3) is 11.0 Å². The highest BCUT2D eigenvalue weighted by atomic mass is 19.1. The number of ether oxygens (including phenoxy) is 2. The Bertz CT molecular complexity index is 1570. The zero-order chi connectivity index (χ0) is 29.4. The third-order valence-electron chi connectivity index (χ3n) is 6.51. The highest BCUT2D eigenvalue weighted by molar-refractivity contribution is 5.93. The summed E-state index contributed by atoms with van der Waals surface area (Å²) in [5.74, 6) is 0.171. The summed E-state index contributed by atoms with van der Waals surface area (Å²) in [5, 5.41) is 3.21. The minimum atomic E-state index is -0.490. The van der Waals surface area contributed by atoms with Gasteiger partial charge in [0, 0.05) is 19.2 Å². The molecule has 1 heterocycles. The Balaban J connectivity index is 1.58. The molecule has 0 aliphatic carbocycles. The lowest BCUT2D eigenvalue weighted by Gasteiger charge is -2.28. The number of hydrogen-bond donors (Lipinski definition) is 1. The van der Waals surface area contributed by atoms with Gasteiger partial charge >= 0.3 is 6.03 Å². The molecule has 0 aliphatic heterocycles. The lowest BCUT2D eigenvalue weighted by Crippen LogP contribution is -2.44. The monoisotopic (exact) mass is 561 g/mol. The molecule has 0 radical (unpaired) electrons. The first-order valence-corrected chi connectivity index (χ1v) is 13.1. The van der Waals surface area contributed by atoms with Crippen LogP contribution in [0.2, 0.25) is 0 Å². The van der Waals surface area contributed by atoms with Crippen molar-refractivity contribution in [2.45, 2.75) is 26.4 Å². The number of para-hydroxylation sites is 1. The topological polar surface area (TPSA) is 101 Å². The zero-order valence-electron chi connectivity index (χ0n) is 23.2. The van der Waals surface area contributed by atoms with Crippen LogP contribution in [0.15, 0.2) is 82.2 Å². The number of hydrogen-bond acceptors (Lipinski definition) is 6. The van der Waals surface area contributed by atoms with Gasteiger partial charge in [-0.3, -0.25) is 9.59 Å². The molecule has 0 unspecified atom stereocenters. The summed E-state index contributed by atoms with van der Waals surface area (Å²) >= 11 is 0. The molecule has 4 aromatic rings. The van der Waals surface area contributed by atoms with E-state index in [-0.39, 0.29) is 30.6 Å². The highest BCUT2D eigenvalue weighted by Gasteiger charge is 2.24. The average molecular weight is 562 g/mol. The van der Waals surface area contributed by atoms with E-state index in [4.69, 9.17) is 13.9 Å². The van der Waals surface area contributed by atoms with Gasteiger partial charge in [-0.15, -0.1) is 0 Å². The molecule has 41 heavy (non-hydrogen) atoms. The molecule has 0 spiro atoms. The summed E-state index contributed by atoms with van der Waals surface area (Å²) in [4.78, 5) is 43.0. The number of benzene rings is 3. The van der Waals surface area contributed by atoms with Crippen LogP contribution in [0.1, 0.15) is 24.5 Å². The Kier molecular flexibility index (Phi) is 9.57. The van der Waals surface area contributed by atoms with E-state index in [0.29, 0.717) is 46.7 Å². The summed E-state index contributed by atoms with van der Waals surface area (Å²) in [5.41, 5.74) is 1.56. The van der Waals surface area contributed by atoms with Crippen LogP contribution in [0.4, 0.5) is 14.9 Å². The number of rotatable bonds is 11. The number of halogens is 1. The van der Waals surface area contributed by atoms with E-state index in [1.54, 1.807) is 54.6 Å². The van der Waals surface area contributed by atoms with Gasteiger partial charge in [0.1, 0.15) is 29.4 Å². The van der Waals surface area contributed by atoms with Gasteiger partial charge in [-0.2, -0.15) is 0 Å². The van der Waals surface area contributed by atoms with Crippen LogP contribution < -0.4 is 20.2 Å². The second-order valence-electron chi connectivity index (χ2n) is 9.38. The molecule has 9 nitrogen and oxygen atoms in total. The molecule has 0 saturated heterocycles. The number of urea groups is 1. The number of nitrogens with one attached hydrogen (secondary N) is 1. The van der Waals surface area contributed by atoms with Gasteiger partial charge in [-0.1, -0.05) is 31.2 Å². The molecular weight excluding hydrogens is 529 g/mol. The second-order valence-corrected chi connectivity index (χ2v) is 9.38. The molecule has 3 amide bonds. The number of amides is 3. The highest BCUT2D eigenvalue weighted by Crippen LogP contribution is 2.29. The minimum absolute atomic E-state index is 0.0583. The van der Waals surface area contributed by atoms with Gasteiger partial charge in [0.2, 0.25) is 5.91 Å². The number of carbonyl (C=O) groups excluding carboxylic acids is 2. The first-order valence-electron chi connectivity index (χ1n) is 13.1. The van der Waals surface area contributed by atoms with Gasteiger partial charge in [0.15, 0.2) is 5.43 Å². The Morgan fingerprint density at radius 1 is 0.951 bits per heavy atom. The molecule has 0 atom stereocenters. The van der Waals surface area contributed by atoms with Crippen LogP contribution >= 0.6 is 0 Å². The van der Waals surface area contributed by atoms with Crippen LogP contribution in [-0.4, -0.2) is 49.0 Å². The average Bonchev–Trinajstić information content (AvgIpc) is 2.99. The van der Waals surface area contributed by atoms with Gasteiger partial charge < -0.3 is 29.0 Å². The Morgan fingerprint density at radius 3 is 2.41 bits per heavy atom. The van der Waals surface area contributed by atoms with Gasteiger partial charge in [-0.25, -0.2) is 9.18 Å². The molecule has 0 fully saturated rings. The van der Waals surface area contributed by atoms with Crippen molar-refractivity contribution >= 4 is 28.6 Å². The van der Waals surface area contributed by atoms with Crippen LogP contribution in [0.5, 0.6) is 11.5 Å². The summed E-state index contributed by atoms with van der Waals surface area (Å²) < 4.78 is 29.8. The molecule has 1 aromatic heterocycles. The van der Waals surface area contributed by atoms with Crippen LogP contribution in [0.3, 0.4) is 0 Å². The molecule has 0 bridgehead atoms. The fraction of sp³-hybridized carbons (Fsp3) is 0.258. The van der Waals surface area contributed by atoms with E-state index in [1.807, 2.05) is 6.92 Å². The summed E-state index contributed by atoms with van der Waals surface area (Å²) in [6.45, 7) is 1.99. The van der Waals surface area contributed by atoms with Crippen molar-refractivity contribution in [3.8, 4) is 11.5 Å². The second kappa shape index (κ2) is 13.5. The maximum Gasteiger partial charge on any atom is 0.322 e. The van der Waals surface area contributed by atoms with E-state index in [0.717, 1.165) is 0 Å². The largest absolute Gasteiger partial charge is 0.497 e. The van der Waals surface area contributed by atoms with Crippen molar-refractivity contribution in [1.82, 2.24) is 9.80 Å². The van der Waals surface area contributed by atoms with Crippen molar-refractivity contribution in [2.24, 2.45) is 0 Å². The van der Waals surface area contributed by atoms with Crippen molar-refractivity contribution in [1.29, 1.82) is 0 Å². The normalized spacial score (nSPS) is 10.7. The van der Waals surface area contributed by atoms with Gasteiger partial charge in [0.05, 0.1) is 43.7 Å². The minimum Gasteiger partial charge on any atom is -0.497 e. The SMILES string of the molecule is CCCN(CC(=O)N(Cc1ccc(F)cc1)Cc1coc2ccccc2c1=O)C(=O)Nc1ccc(OC)cc1OC. The molecule has 0 aliphatic rings. The first-order chi connectivity index (χ1) is 19.8. The molecule has 1 N–H and O–H groups in total. The molecule has 4 rings (SSSR count). The molecule has 214 valence electrons. The quantitative estimate of drug-likeness (QED) is 0.262. The van der Waals surface area contributed by atoms with Crippen LogP contribution in [-0.2, 0) is 17.9 Å². The number of nitrogens with zero attached hydrogens (tertiary/aromatic N) is 2. The van der Waals surface area contributed by atoms with Crippen molar-refractivity contribution < 1.29 is 27.9 Å². The lowest BCUT2D eigenvalue weighted by atomic mass is 10.1. The predicted octanol–water partition coefficient (Wildman–Crippen LogP) is 5.42. The lowest BCUT2D eigenvalue weighted by molar-refractivity contribution is -0.133. The van der Waals surface area contributed by atoms with Gasteiger partial charge in [0.25, 0.3) is 0 Å². The number of carbonyl (C=O) groups is 2. The van der Waals surface area contributed by atoms with E-state index in [9.17, 15) is 18.8 Å².